The van der Waals surface area contributed by atoms with E-state index in [1.165, 1.54) is 24.0 Å². The molecular formula is C17H16N4OS. The highest BCUT2D eigenvalue weighted by Crippen LogP contribution is 2.30. The normalized spacial score (nSPS) is 15.6. The van der Waals surface area contributed by atoms with E-state index in [0.717, 1.165) is 30.3 Å². The molecule has 1 N–H and O–H groups in total. The number of aromatic nitrogens is 2. The van der Waals surface area contributed by atoms with Crippen LogP contribution in [0.2, 0.25) is 0 Å². The third-order valence-electron chi connectivity index (χ3n) is 4.43. The van der Waals surface area contributed by atoms with Crippen LogP contribution in [0.15, 0.2) is 23.4 Å². The van der Waals surface area contributed by atoms with Gasteiger partial charge in [0.25, 0.3) is 5.91 Å². The molecule has 4 rings (SSSR count). The van der Waals surface area contributed by atoms with E-state index in [-0.39, 0.29) is 5.91 Å². The van der Waals surface area contributed by atoms with Crippen LogP contribution in [-0.2, 0) is 19.4 Å². The van der Waals surface area contributed by atoms with E-state index >= 15 is 0 Å². The van der Waals surface area contributed by atoms with Gasteiger partial charge in [0.1, 0.15) is 6.07 Å². The number of nitriles is 1. The molecule has 1 aromatic heterocycles. The number of fused-ring (bicyclic) bond motifs is 2. The lowest BCUT2D eigenvalue weighted by Gasteiger charge is -2.16. The van der Waals surface area contributed by atoms with E-state index in [4.69, 9.17) is 0 Å². The van der Waals surface area contributed by atoms with Crippen molar-refractivity contribution in [1.82, 2.24) is 9.55 Å². The minimum Gasteiger partial charge on any atom is -0.308 e. The highest BCUT2D eigenvalue weighted by Gasteiger charge is 2.23. The monoisotopic (exact) mass is 324 g/mol. The van der Waals surface area contributed by atoms with Crippen LogP contribution in [-0.4, -0.2) is 21.2 Å². The number of carbonyl (C=O) groups excluding carboxylic acids is 1. The molecule has 1 aliphatic heterocycles. The first-order valence-electron chi connectivity index (χ1n) is 7.83. The molecule has 2 aromatic rings. The maximum atomic E-state index is 12.5. The second kappa shape index (κ2) is 5.74. The van der Waals surface area contributed by atoms with Gasteiger partial charge in [-0.2, -0.15) is 5.26 Å². The van der Waals surface area contributed by atoms with Crippen LogP contribution in [0.25, 0.3) is 0 Å². The molecule has 0 bridgehead atoms. The van der Waals surface area contributed by atoms with Crippen LogP contribution < -0.4 is 5.32 Å². The van der Waals surface area contributed by atoms with Gasteiger partial charge in [-0.15, -0.1) is 0 Å². The molecule has 1 aliphatic carbocycles. The second-order valence-electron chi connectivity index (χ2n) is 5.85. The number of imidazole rings is 1. The number of nitrogens with zero attached hydrogens (tertiary/aromatic N) is 3. The van der Waals surface area contributed by atoms with Crippen molar-refractivity contribution in [1.29, 1.82) is 5.26 Å². The van der Waals surface area contributed by atoms with Crippen LogP contribution in [0.5, 0.6) is 0 Å². The van der Waals surface area contributed by atoms with E-state index in [1.54, 1.807) is 11.8 Å². The molecule has 23 heavy (non-hydrogen) atoms. The van der Waals surface area contributed by atoms with E-state index < -0.39 is 0 Å². The van der Waals surface area contributed by atoms with Crippen LogP contribution >= 0.6 is 11.8 Å². The Bertz CT molecular complexity index is 834. The van der Waals surface area contributed by atoms with Gasteiger partial charge in [0, 0.05) is 17.9 Å². The average molecular weight is 324 g/mol. The van der Waals surface area contributed by atoms with Crippen molar-refractivity contribution in [2.75, 3.05) is 11.1 Å². The fourth-order valence-corrected chi connectivity index (χ4v) is 4.18. The number of carbonyl (C=O) groups is 1. The molecule has 1 aromatic carbocycles. The minimum atomic E-state index is -0.198. The number of nitrogens with one attached hydrogen (secondary N) is 1. The summed E-state index contributed by atoms with van der Waals surface area (Å²) in [4.78, 5) is 16.9. The summed E-state index contributed by atoms with van der Waals surface area (Å²) in [5.74, 6) is 1.10. The Morgan fingerprint density at radius 2 is 2.13 bits per heavy atom. The molecule has 0 unspecified atom stereocenters. The summed E-state index contributed by atoms with van der Waals surface area (Å²) in [6, 6.07) is 8.05. The first kappa shape index (κ1) is 14.3. The van der Waals surface area contributed by atoms with Crippen LogP contribution in [0.1, 0.15) is 40.0 Å². The number of amides is 1. The van der Waals surface area contributed by atoms with E-state index in [9.17, 15) is 10.1 Å². The average Bonchev–Trinajstić information content (AvgIpc) is 3.14. The Kier molecular flexibility index (Phi) is 3.58. The zero-order chi connectivity index (χ0) is 15.8. The largest absolute Gasteiger partial charge is 0.308 e. The Labute approximate surface area is 138 Å². The fraction of sp³-hybridized carbons (Fsp3) is 0.353. The van der Waals surface area contributed by atoms with Gasteiger partial charge in [0.05, 0.1) is 0 Å². The lowest BCUT2D eigenvalue weighted by atomic mass is 9.90. The van der Waals surface area contributed by atoms with Crippen molar-refractivity contribution in [2.45, 2.75) is 37.4 Å². The molecule has 0 atom stereocenters. The van der Waals surface area contributed by atoms with Crippen molar-refractivity contribution in [3.05, 3.63) is 40.6 Å². The topological polar surface area (TPSA) is 70.7 Å². The van der Waals surface area contributed by atoms with Crippen molar-refractivity contribution in [3.8, 4) is 6.07 Å². The number of hydrogen-bond acceptors (Lipinski definition) is 4. The predicted octanol–water partition coefficient (Wildman–Crippen LogP) is 2.99. The smallest absolute Gasteiger partial charge is 0.256 e. The predicted molar refractivity (Wildman–Crippen MR) is 88.7 cm³/mol. The summed E-state index contributed by atoms with van der Waals surface area (Å²) in [6.45, 7) is 0.768. The molecule has 2 aliphatic rings. The van der Waals surface area contributed by atoms with Gasteiger partial charge in [-0.05, 0) is 48.9 Å². The van der Waals surface area contributed by atoms with Gasteiger partial charge >= 0.3 is 0 Å². The molecule has 2 heterocycles. The summed E-state index contributed by atoms with van der Waals surface area (Å²) >= 11 is 1.61. The van der Waals surface area contributed by atoms with Crippen molar-refractivity contribution >= 4 is 23.5 Å². The molecule has 6 heteroatoms. The first-order valence-corrected chi connectivity index (χ1v) is 8.81. The number of benzene rings is 1. The molecule has 116 valence electrons. The summed E-state index contributed by atoms with van der Waals surface area (Å²) < 4.78 is 1.87. The molecule has 0 radical (unpaired) electrons. The molecule has 0 saturated carbocycles. The highest BCUT2D eigenvalue weighted by atomic mass is 32.2. The Balaban J connectivity index is 1.60. The summed E-state index contributed by atoms with van der Waals surface area (Å²) in [5, 5.41) is 13.0. The molecule has 0 spiro atoms. The van der Waals surface area contributed by atoms with Gasteiger partial charge in [-0.3, -0.25) is 4.79 Å². The summed E-state index contributed by atoms with van der Waals surface area (Å²) in [5.41, 5.74) is 3.70. The zero-order valence-corrected chi connectivity index (χ0v) is 13.4. The van der Waals surface area contributed by atoms with Crippen LogP contribution in [0.3, 0.4) is 0 Å². The SMILES string of the molecule is N#Cc1c(NC(=O)c2ccc3c(c2)CCCC3)nc2n1CCS2. The standard InChI is InChI=1S/C17H16N4OS/c18-10-14-15(20-17-21(14)7-8-23-17)19-16(22)13-6-5-11-3-1-2-4-12(11)9-13/h5-6,9H,1-4,7-8H2,(H,19,22). The van der Waals surface area contributed by atoms with Crippen LogP contribution in [0.4, 0.5) is 5.82 Å². The number of anilines is 1. The van der Waals surface area contributed by atoms with E-state index in [1.807, 2.05) is 16.7 Å². The quantitative estimate of drug-likeness (QED) is 0.922. The lowest BCUT2D eigenvalue weighted by Crippen LogP contribution is -2.15. The summed E-state index contributed by atoms with van der Waals surface area (Å²) in [6.07, 6.45) is 4.54. The fourth-order valence-electron chi connectivity index (χ4n) is 3.23. The third-order valence-corrected chi connectivity index (χ3v) is 5.38. The molecule has 0 saturated heterocycles. The summed E-state index contributed by atoms with van der Waals surface area (Å²) in [7, 11) is 0. The van der Waals surface area contributed by atoms with Gasteiger partial charge in [-0.1, -0.05) is 17.8 Å². The Morgan fingerprint density at radius 3 is 2.96 bits per heavy atom. The van der Waals surface area contributed by atoms with Gasteiger partial charge in [-0.25, -0.2) is 4.98 Å². The molecular weight excluding hydrogens is 308 g/mol. The Morgan fingerprint density at radius 1 is 1.30 bits per heavy atom. The lowest BCUT2D eigenvalue weighted by molar-refractivity contribution is 0.102. The number of aryl methyl sites for hydroxylation is 2. The Hall–Kier alpha value is -2.26. The van der Waals surface area contributed by atoms with E-state index in [2.05, 4.69) is 22.4 Å². The molecule has 1 amide bonds. The van der Waals surface area contributed by atoms with Gasteiger partial charge in [0.2, 0.25) is 0 Å². The van der Waals surface area contributed by atoms with Crippen molar-refractivity contribution < 1.29 is 4.79 Å². The minimum absolute atomic E-state index is 0.198. The van der Waals surface area contributed by atoms with E-state index in [0.29, 0.717) is 17.1 Å². The number of rotatable bonds is 2. The van der Waals surface area contributed by atoms with Crippen molar-refractivity contribution in [2.24, 2.45) is 0 Å². The third kappa shape index (κ3) is 2.51. The first-order chi connectivity index (χ1) is 11.3. The maximum absolute atomic E-state index is 12.5. The molecule has 0 fully saturated rings. The van der Waals surface area contributed by atoms with Gasteiger partial charge < -0.3 is 9.88 Å². The van der Waals surface area contributed by atoms with Crippen molar-refractivity contribution in [3.63, 3.8) is 0 Å². The number of thioether (sulfide) groups is 1. The van der Waals surface area contributed by atoms with Crippen LogP contribution in [0, 0.1) is 11.3 Å². The maximum Gasteiger partial charge on any atom is 0.256 e. The zero-order valence-electron chi connectivity index (χ0n) is 12.6. The van der Waals surface area contributed by atoms with Gasteiger partial charge in [0.15, 0.2) is 16.7 Å². The molecule has 5 nitrogen and oxygen atoms in total. The highest BCUT2D eigenvalue weighted by molar-refractivity contribution is 7.99. The number of hydrogen-bond donors (Lipinski definition) is 1. The second-order valence-corrected chi connectivity index (χ2v) is 6.91.